The molecule has 2 aromatic rings. The van der Waals surface area contributed by atoms with Gasteiger partial charge in [-0.2, -0.15) is 0 Å². The van der Waals surface area contributed by atoms with Crippen LogP contribution in [0.25, 0.3) is 0 Å². The lowest BCUT2D eigenvalue weighted by Gasteiger charge is -1.97. The van der Waals surface area contributed by atoms with Gasteiger partial charge in [0.2, 0.25) is 5.88 Å². The maximum atomic E-state index is 8.89. The van der Waals surface area contributed by atoms with E-state index in [0.717, 1.165) is 11.3 Å². The van der Waals surface area contributed by atoms with Crippen LogP contribution in [0.5, 0.6) is 5.88 Å². The Morgan fingerprint density at radius 2 is 2.19 bits per heavy atom. The van der Waals surface area contributed by atoms with Crippen LogP contribution < -0.4 is 4.74 Å². The molecule has 0 atom stereocenters. The standard InChI is InChI=1S/C11H14N2O3/c1-13-6-8(11(12-13)15-2)5-9-3-4-10(7-14)16-9/h3-4,6,14H,5,7H2,1-2H3. The van der Waals surface area contributed by atoms with Gasteiger partial charge in [-0.25, -0.2) is 0 Å². The van der Waals surface area contributed by atoms with Crippen molar-refractivity contribution in [2.45, 2.75) is 13.0 Å². The number of methoxy groups -OCH3 is 1. The molecule has 0 aliphatic rings. The fourth-order valence-electron chi connectivity index (χ4n) is 1.60. The van der Waals surface area contributed by atoms with E-state index in [1.165, 1.54) is 0 Å². The summed E-state index contributed by atoms with van der Waals surface area (Å²) in [4.78, 5) is 0. The Balaban J connectivity index is 2.19. The fourth-order valence-corrected chi connectivity index (χ4v) is 1.60. The van der Waals surface area contributed by atoms with Crippen LogP contribution in [0.15, 0.2) is 22.7 Å². The molecule has 0 fully saturated rings. The molecule has 0 saturated heterocycles. The van der Waals surface area contributed by atoms with Gasteiger partial charge in [-0.3, -0.25) is 4.68 Å². The number of furan rings is 1. The lowest BCUT2D eigenvalue weighted by Crippen LogP contribution is -1.90. The van der Waals surface area contributed by atoms with Gasteiger partial charge < -0.3 is 14.3 Å². The Bertz CT molecular complexity index is 473. The molecule has 0 bridgehead atoms. The first kappa shape index (κ1) is 10.8. The Morgan fingerprint density at radius 3 is 2.81 bits per heavy atom. The SMILES string of the molecule is COc1nn(C)cc1Cc1ccc(CO)o1. The van der Waals surface area contributed by atoms with E-state index < -0.39 is 0 Å². The van der Waals surface area contributed by atoms with Crippen molar-refractivity contribution in [3.05, 3.63) is 35.4 Å². The first-order valence-electron chi connectivity index (χ1n) is 4.98. The molecule has 1 N–H and O–H groups in total. The second kappa shape index (κ2) is 4.40. The maximum Gasteiger partial charge on any atom is 0.236 e. The molecule has 0 aromatic carbocycles. The van der Waals surface area contributed by atoms with E-state index in [0.29, 0.717) is 18.1 Å². The van der Waals surface area contributed by atoms with Crippen molar-refractivity contribution in [2.75, 3.05) is 7.11 Å². The average molecular weight is 222 g/mol. The first-order chi connectivity index (χ1) is 7.72. The summed E-state index contributed by atoms with van der Waals surface area (Å²) in [5.74, 6) is 1.96. The van der Waals surface area contributed by atoms with Crippen LogP contribution in [0.3, 0.4) is 0 Å². The van der Waals surface area contributed by atoms with Gasteiger partial charge in [-0.05, 0) is 12.1 Å². The summed E-state index contributed by atoms with van der Waals surface area (Å²) in [7, 11) is 3.43. The normalized spacial score (nSPS) is 10.7. The van der Waals surface area contributed by atoms with Crippen molar-refractivity contribution in [2.24, 2.45) is 7.05 Å². The number of aryl methyl sites for hydroxylation is 1. The molecular formula is C11H14N2O3. The highest BCUT2D eigenvalue weighted by molar-refractivity contribution is 5.27. The average Bonchev–Trinajstić information content (AvgIpc) is 2.85. The Kier molecular flexibility index (Phi) is 2.96. The second-order valence-corrected chi connectivity index (χ2v) is 3.54. The molecular weight excluding hydrogens is 208 g/mol. The van der Waals surface area contributed by atoms with Crippen LogP contribution in [-0.2, 0) is 20.1 Å². The first-order valence-corrected chi connectivity index (χ1v) is 4.98. The summed E-state index contributed by atoms with van der Waals surface area (Å²) < 4.78 is 12.2. The number of rotatable bonds is 4. The molecule has 86 valence electrons. The second-order valence-electron chi connectivity index (χ2n) is 3.54. The Morgan fingerprint density at radius 1 is 1.44 bits per heavy atom. The molecule has 2 rings (SSSR count). The topological polar surface area (TPSA) is 60.4 Å². The van der Waals surface area contributed by atoms with Crippen molar-refractivity contribution in [3.8, 4) is 5.88 Å². The largest absolute Gasteiger partial charge is 0.480 e. The van der Waals surface area contributed by atoms with Crippen LogP contribution in [0.2, 0.25) is 0 Å². The molecule has 0 aliphatic carbocycles. The summed E-state index contributed by atoms with van der Waals surface area (Å²) >= 11 is 0. The molecule has 16 heavy (non-hydrogen) atoms. The zero-order chi connectivity index (χ0) is 11.5. The highest BCUT2D eigenvalue weighted by Crippen LogP contribution is 2.20. The molecule has 2 heterocycles. The van der Waals surface area contributed by atoms with Gasteiger partial charge >= 0.3 is 0 Å². The van der Waals surface area contributed by atoms with Gasteiger partial charge in [-0.15, -0.1) is 5.10 Å². The van der Waals surface area contributed by atoms with Crippen LogP contribution >= 0.6 is 0 Å². The van der Waals surface area contributed by atoms with Crippen LogP contribution in [0.4, 0.5) is 0 Å². The number of aliphatic hydroxyl groups excluding tert-OH is 1. The number of ether oxygens (including phenoxy) is 1. The zero-order valence-electron chi connectivity index (χ0n) is 9.30. The maximum absolute atomic E-state index is 8.89. The summed E-state index contributed by atoms with van der Waals surface area (Å²) in [5, 5.41) is 13.0. The minimum atomic E-state index is -0.0792. The van der Waals surface area contributed by atoms with E-state index in [-0.39, 0.29) is 6.61 Å². The van der Waals surface area contributed by atoms with Gasteiger partial charge in [-0.1, -0.05) is 0 Å². The third-order valence-corrected chi connectivity index (χ3v) is 2.30. The van der Waals surface area contributed by atoms with Gasteiger partial charge in [0.05, 0.1) is 7.11 Å². The summed E-state index contributed by atoms with van der Waals surface area (Å²) in [6, 6.07) is 3.61. The number of hydrogen-bond acceptors (Lipinski definition) is 4. The quantitative estimate of drug-likeness (QED) is 0.841. The molecule has 0 radical (unpaired) electrons. The van der Waals surface area contributed by atoms with Crippen molar-refractivity contribution in [1.29, 1.82) is 0 Å². The Labute approximate surface area is 93.3 Å². The third kappa shape index (κ3) is 2.09. The number of hydrogen-bond donors (Lipinski definition) is 1. The van der Waals surface area contributed by atoms with Crippen molar-refractivity contribution in [3.63, 3.8) is 0 Å². The monoisotopic (exact) mass is 222 g/mol. The van der Waals surface area contributed by atoms with Gasteiger partial charge in [0.25, 0.3) is 0 Å². The lowest BCUT2D eigenvalue weighted by molar-refractivity contribution is 0.244. The van der Waals surface area contributed by atoms with Gasteiger partial charge in [0.1, 0.15) is 18.1 Å². The van der Waals surface area contributed by atoms with Gasteiger partial charge in [0.15, 0.2) is 0 Å². The summed E-state index contributed by atoms with van der Waals surface area (Å²) in [6.45, 7) is -0.0792. The van der Waals surface area contributed by atoms with E-state index in [1.54, 1.807) is 17.9 Å². The molecule has 0 spiro atoms. The van der Waals surface area contributed by atoms with Gasteiger partial charge in [0, 0.05) is 25.2 Å². The molecule has 5 heteroatoms. The summed E-state index contributed by atoms with van der Waals surface area (Å²) in [6.07, 6.45) is 2.50. The number of aliphatic hydroxyl groups is 1. The third-order valence-electron chi connectivity index (χ3n) is 2.30. The predicted octanol–water partition coefficient (Wildman–Crippen LogP) is 1.10. The number of nitrogens with zero attached hydrogens (tertiary/aromatic N) is 2. The van der Waals surface area contributed by atoms with E-state index in [2.05, 4.69) is 5.10 Å². The van der Waals surface area contributed by atoms with E-state index >= 15 is 0 Å². The minimum absolute atomic E-state index is 0.0792. The number of aromatic nitrogens is 2. The van der Waals surface area contributed by atoms with E-state index in [4.69, 9.17) is 14.3 Å². The van der Waals surface area contributed by atoms with Crippen molar-refractivity contribution in [1.82, 2.24) is 9.78 Å². The molecule has 5 nitrogen and oxygen atoms in total. The minimum Gasteiger partial charge on any atom is -0.480 e. The molecule has 0 saturated carbocycles. The smallest absolute Gasteiger partial charge is 0.236 e. The molecule has 0 unspecified atom stereocenters. The van der Waals surface area contributed by atoms with E-state index in [9.17, 15) is 0 Å². The highest BCUT2D eigenvalue weighted by atomic mass is 16.5. The van der Waals surface area contributed by atoms with Crippen molar-refractivity contribution >= 4 is 0 Å². The van der Waals surface area contributed by atoms with Crippen LogP contribution in [0, 0.1) is 0 Å². The lowest BCUT2D eigenvalue weighted by atomic mass is 10.2. The predicted molar refractivity (Wildman–Crippen MR) is 57.2 cm³/mol. The fraction of sp³-hybridized carbons (Fsp3) is 0.364. The highest BCUT2D eigenvalue weighted by Gasteiger charge is 2.10. The molecule has 0 amide bonds. The summed E-state index contributed by atoms with van der Waals surface area (Å²) in [5.41, 5.74) is 0.962. The van der Waals surface area contributed by atoms with Crippen LogP contribution in [0.1, 0.15) is 17.1 Å². The van der Waals surface area contributed by atoms with Crippen LogP contribution in [-0.4, -0.2) is 22.0 Å². The Hall–Kier alpha value is -1.75. The molecule has 0 aliphatic heterocycles. The molecule has 2 aromatic heterocycles. The van der Waals surface area contributed by atoms with Crippen molar-refractivity contribution < 1.29 is 14.3 Å². The zero-order valence-corrected chi connectivity index (χ0v) is 9.30. The van der Waals surface area contributed by atoms with E-state index in [1.807, 2.05) is 19.3 Å².